The standard InChI is InChI=1S/C28H29NO5/c1-18-23(26(32)28(34-3)27(33-2)25(18)31)16-20-10-8-19(9-11-20)12-13-24(30)29-15-14-21-6-4-5-7-22(21)17-29/h4-11H,12-17H2,1-3H3. The van der Waals surface area contributed by atoms with E-state index in [4.69, 9.17) is 9.47 Å². The van der Waals surface area contributed by atoms with Crippen LogP contribution in [0.4, 0.5) is 0 Å². The molecule has 4 rings (SSSR count). The van der Waals surface area contributed by atoms with Gasteiger partial charge in [-0.05, 0) is 42.0 Å². The van der Waals surface area contributed by atoms with E-state index in [9.17, 15) is 14.4 Å². The second kappa shape index (κ2) is 10.1. The van der Waals surface area contributed by atoms with Crippen molar-refractivity contribution in [2.45, 2.75) is 39.2 Å². The van der Waals surface area contributed by atoms with Crippen molar-refractivity contribution in [2.24, 2.45) is 0 Å². The number of hydrogen-bond donors (Lipinski definition) is 0. The van der Waals surface area contributed by atoms with Gasteiger partial charge in [0.05, 0.1) is 14.2 Å². The van der Waals surface area contributed by atoms with Crippen molar-refractivity contribution >= 4 is 17.5 Å². The molecule has 34 heavy (non-hydrogen) atoms. The van der Waals surface area contributed by atoms with Gasteiger partial charge in [-0.1, -0.05) is 48.5 Å². The number of ether oxygens (including phenoxy) is 2. The Morgan fingerprint density at radius 2 is 1.50 bits per heavy atom. The van der Waals surface area contributed by atoms with Gasteiger partial charge in [-0.2, -0.15) is 0 Å². The molecule has 0 unspecified atom stereocenters. The molecule has 0 bridgehead atoms. The van der Waals surface area contributed by atoms with Crippen molar-refractivity contribution in [3.8, 4) is 0 Å². The number of carbonyl (C=O) groups excluding carboxylic acids is 3. The number of ketones is 2. The molecule has 0 fully saturated rings. The fourth-order valence-electron chi connectivity index (χ4n) is 4.55. The Morgan fingerprint density at radius 1 is 0.882 bits per heavy atom. The number of methoxy groups -OCH3 is 2. The lowest BCUT2D eigenvalue weighted by molar-refractivity contribution is -0.132. The highest BCUT2D eigenvalue weighted by atomic mass is 16.5. The molecule has 6 nitrogen and oxygen atoms in total. The molecular formula is C28H29NO5. The van der Waals surface area contributed by atoms with Crippen LogP contribution in [0.5, 0.6) is 0 Å². The van der Waals surface area contributed by atoms with Crippen LogP contribution in [0.1, 0.15) is 35.6 Å². The van der Waals surface area contributed by atoms with Crippen LogP contribution in [0.3, 0.4) is 0 Å². The number of allylic oxidation sites excluding steroid dienone is 2. The molecule has 0 saturated heterocycles. The van der Waals surface area contributed by atoms with Crippen molar-refractivity contribution in [2.75, 3.05) is 20.8 Å². The summed E-state index contributed by atoms with van der Waals surface area (Å²) in [6.45, 7) is 3.08. The van der Waals surface area contributed by atoms with E-state index >= 15 is 0 Å². The Hall–Kier alpha value is -3.67. The molecule has 1 aliphatic carbocycles. The summed E-state index contributed by atoms with van der Waals surface area (Å²) in [4.78, 5) is 40.1. The molecule has 2 aromatic carbocycles. The van der Waals surface area contributed by atoms with Crippen molar-refractivity contribution in [3.05, 3.63) is 93.4 Å². The first kappa shape index (κ1) is 23.5. The SMILES string of the molecule is COC1=C(OC)C(=O)C(Cc2ccc(CCC(=O)N3CCc4ccccc4C3)cc2)=C(C)C1=O. The van der Waals surface area contributed by atoms with E-state index in [0.717, 1.165) is 24.1 Å². The number of rotatable bonds is 7. The summed E-state index contributed by atoms with van der Waals surface area (Å²) in [5, 5.41) is 0. The Bertz CT molecular complexity index is 1190. The van der Waals surface area contributed by atoms with E-state index in [0.29, 0.717) is 37.0 Å². The van der Waals surface area contributed by atoms with E-state index in [-0.39, 0.29) is 29.0 Å². The maximum atomic E-state index is 12.8. The lowest BCUT2D eigenvalue weighted by atomic mass is 9.88. The van der Waals surface area contributed by atoms with Crippen molar-refractivity contribution in [3.63, 3.8) is 0 Å². The summed E-state index contributed by atoms with van der Waals surface area (Å²) in [6, 6.07) is 16.1. The summed E-state index contributed by atoms with van der Waals surface area (Å²) in [5.74, 6) is -0.591. The molecule has 0 aromatic heterocycles. The number of amides is 1. The highest BCUT2D eigenvalue weighted by Gasteiger charge is 2.34. The van der Waals surface area contributed by atoms with Gasteiger partial charge in [0.1, 0.15) is 0 Å². The van der Waals surface area contributed by atoms with Gasteiger partial charge in [0.15, 0.2) is 0 Å². The lowest BCUT2D eigenvalue weighted by Crippen LogP contribution is -2.36. The molecule has 1 amide bonds. The molecule has 0 N–H and O–H groups in total. The minimum atomic E-state index is -0.329. The van der Waals surface area contributed by atoms with Crippen LogP contribution in [0.2, 0.25) is 0 Å². The molecule has 1 heterocycles. The van der Waals surface area contributed by atoms with Gasteiger partial charge in [-0.15, -0.1) is 0 Å². The maximum Gasteiger partial charge on any atom is 0.228 e. The number of aryl methyl sites for hydroxylation is 1. The molecule has 2 aromatic rings. The van der Waals surface area contributed by atoms with Crippen molar-refractivity contribution in [1.82, 2.24) is 4.90 Å². The van der Waals surface area contributed by atoms with Gasteiger partial charge >= 0.3 is 0 Å². The van der Waals surface area contributed by atoms with Gasteiger partial charge in [-0.3, -0.25) is 14.4 Å². The zero-order chi connectivity index (χ0) is 24.2. The largest absolute Gasteiger partial charge is 0.489 e. The maximum absolute atomic E-state index is 12.8. The van der Waals surface area contributed by atoms with E-state index in [2.05, 4.69) is 12.1 Å². The summed E-state index contributed by atoms with van der Waals surface area (Å²) >= 11 is 0. The monoisotopic (exact) mass is 459 g/mol. The van der Waals surface area contributed by atoms with Gasteiger partial charge in [0.2, 0.25) is 29.0 Å². The van der Waals surface area contributed by atoms with Crippen LogP contribution < -0.4 is 0 Å². The fourth-order valence-corrected chi connectivity index (χ4v) is 4.55. The first-order valence-electron chi connectivity index (χ1n) is 11.5. The third-order valence-electron chi connectivity index (χ3n) is 6.61. The van der Waals surface area contributed by atoms with E-state index in [1.54, 1.807) is 6.92 Å². The Balaban J connectivity index is 1.37. The zero-order valence-corrected chi connectivity index (χ0v) is 19.8. The van der Waals surface area contributed by atoms with Crippen LogP contribution in [-0.4, -0.2) is 43.1 Å². The number of nitrogens with zero attached hydrogens (tertiary/aromatic N) is 1. The van der Waals surface area contributed by atoms with E-state index in [1.165, 1.54) is 25.3 Å². The quantitative estimate of drug-likeness (QED) is 0.590. The summed E-state index contributed by atoms with van der Waals surface area (Å²) < 4.78 is 10.2. The van der Waals surface area contributed by atoms with Gasteiger partial charge in [-0.25, -0.2) is 0 Å². The molecule has 0 atom stereocenters. The summed E-state index contributed by atoms with van der Waals surface area (Å²) in [6.07, 6.45) is 2.34. The molecule has 6 heteroatoms. The van der Waals surface area contributed by atoms with Crippen LogP contribution in [-0.2, 0) is 49.7 Å². The van der Waals surface area contributed by atoms with Gasteiger partial charge < -0.3 is 14.4 Å². The molecule has 0 spiro atoms. The number of carbonyl (C=O) groups is 3. The molecular weight excluding hydrogens is 430 g/mol. The van der Waals surface area contributed by atoms with Gasteiger partial charge in [0, 0.05) is 37.1 Å². The number of fused-ring (bicyclic) bond motifs is 1. The Kier molecular flexibility index (Phi) is 6.96. The highest BCUT2D eigenvalue weighted by molar-refractivity contribution is 6.23. The minimum Gasteiger partial charge on any atom is -0.489 e. The topological polar surface area (TPSA) is 72.9 Å². The van der Waals surface area contributed by atoms with E-state index < -0.39 is 0 Å². The van der Waals surface area contributed by atoms with Crippen molar-refractivity contribution < 1.29 is 23.9 Å². The van der Waals surface area contributed by atoms with E-state index in [1.807, 2.05) is 41.3 Å². The average molecular weight is 460 g/mol. The minimum absolute atomic E-state index is 0.0500. The fraction of sp³-hybridized carbons (Fsp3) is 0.321. The zero-order valence-electron chi connectivity index (χ0n) is 19.8. The number of Topliss-reactive ketones (excluding diaryl/α,β-unsaturated/α-hetero) is 2. The van der Waals surface area contributed by atoms with Crippen LogP contribution in [0, 0.1) is 0 Å². The summed E-state index contributed by atoms with van der Waals surface area (Å²) in [7, 11) is 2.71. The van der Waals surface area contributed by atoms with Crippen molar-refractivity contribution in [1.29, 1.82) is 0 Å². The van der Waals surface area contributed by atoms with Crippen LogP contribution >= 0.6 is 0 Å². The third-order valence-corrected chi connectivity index (χ3v) is 6.61. The molecule has 2 aliphatic rings. The average Bonchev–Trinajstić information content (AvgIpc) is 2.87. The summed E-state index contributed by atoms with van der Waals surface area (Å²) in [5.41, 5.74) is 5.32. The predicted octanol–water partition coefficient (Wildman–Crippen LogP) is 3.72. The van der Waals surface area contributed by atoms with Crippen LogP contribution in [0.25, 0.3) is 0 Å². The first-order chi connectivity index (χ1) is 16.4. The molecule has 1 aliphatic heterocycles. The third kappa shape index (κ3) is 4.67. The normalized spacial score (nSPS) is 16.0. The molecule has 176 valence electrons. The Labute approximate surface area is 199 Å². The molecule has 0 radical (unpaired) electrons. The number of hydrogen-bond acceptors (Lipinski definition) is 5. The first-order valence-corrected chi connectivity index (χ1v) is 11.5. The molecule has 0 saturated carbocycles. The lowest BCUT2D eigenvalue weighted by Gasteiger charge is -2.29. The smallest absolute Gasteiger partial charge is 0.228 e. The van der Waals surface area contributed by atoms with Gasteiger partial charge in [0.25, 0.3) is 0 Å². The highest BCUT2D eigenvalue weighted by Crippen LogP contribution is 2.28. The second-order valence-corrected chi connectivity index (χ2v) is 8.66. The Morgan fingerprint density at radius 3 is 2.18 bits per heavy atom. The number of benzene rings is 2. The van der Waals surface area contributed by atoms with Crippen LogP contribution in [0.15, 0.2) is 71.2 Å². The predicted molar refractivity (Wildman–Crippen MR) is 128 cm³/mol. The second-order valence-electron chi connectivity index (χ2n) is 8.66.